The van der Waals surface area contributed by atoms with Crippen molar-refractivity contribution in [1.29, 1.82) is 0 Å². The molecule has 2 aromatic rings. The average molecular weight is 347 g/mol. The largest absolute Gasteiger partial charge is 0.374 e. The summed E-state index contributed by atoms with van der Waals surface area (Å²) in [5.41, 5.74) is 7.63. The molecule has 0 saturated carbocycles. The average Bonchev–Trinajstić information content (AvgIpc) is 2.49. The lowest BCUT2D eigenvalue weighted by molar-refractivity contribution is -0.118. The van der Waals surface area contributed by atoms with Crippen molar-refractivity contribution in [2.45, 2.75) is 25.3 Å². The number of hydrogen-bond acceptors (Lipinski definition) is 2. The van der Waals surface area contributed by atoms with Crippen LogP contribution in [-0.2, 0) is 4.79 Å². The van der Waals surface area contributed by atoms with Crippen LogP contribution in [0.1, 0.15) is 24.8 Å². The Morgan fingerprint density at radius 1 is 1.14 bits per heavy atom. The van der Waals surface area contributed by atoms with E-state index < -0.39 is 0 Å². The van der Waals surface area contributed by atoms with Gasteiger partial charge in [-0.2, -0.15) is 0 Å². The second-order valence-corrected chi connectivity index (χ2v) is 6.07. The minimum atomic E-state index is -0.388. The lowest BCUT2D eigenvalue weighted by Gasteiger charge is -2.21. The van der Waals surface area contributed by atoms with Crippen molar-refractivity contribution in [3.05, 3.63) is 64.6 Å². The van der Waals surface area contributed by atoms with E-state index in [1.54, 1.807) is 0 Å². The van der Waals surface area contributed by atoms with E-state index in [2.05, 4.69) is 40.3 Å². The first-order valence-corrected chi connectivity index (χ1v) is 7.72. The Bertz CT molecular complexity index is 583. The Kier molecular flexibility index (Phi) is 5.39. The number of carbonyl (C=O) groups is 1. The molecule has 2 atom stereocenters. The summed E-state index contributed by atoms with van der Waals surface area (Å²) in [6.45, 7) is 2.11. The second-order valence-electron chi connectivity index (χ2n) is 5.15. The Morgan fingerprint density at radius 3 is 2.33 bits per heavy atom. The Morgan fingerprint density at radius 2 is 1.76 bits per heavy atom. The smallest absolute Gasteiger partial charge is 0.239 e. The van der Waals surface area contributed by atoms with E-state index in [9.17, 15) is 4.79 Å². The molecule has 0 aliphatic heterocycles. The molecule has 0 bridgehead atoms. The third kappa shape index (κ3) is 4.60. The lowest BCUT2D eigenvalue weighted by atomic mass is 9.93. The molecule has 0 fully saturated rings. The number of rotatable bonds is 6. The van der Waals surface area contributed by atoms with Gasteiger partial charge in [0.05, 0.1) is 0 Å². The van der Waals surface area contributed by atoms with Crippen molar-refractivity contribution in [3.8, 4) is 0 Å². The first-order chi connectivity index (χ1) is 10.1. The maximum Gasteiger partial charge on any atom is 0.239 e. The fourth-order valence-electron chi connectivity index (χ4n) is 2.26. The van der Waals surface area contributed by atoms with Crippen molar-refractivity contribution < 1.29 is 4.79 Å². The number of benzene rings is 2. The molecule has 110 valence electrons. The van der Waals surface area contributed by atoms with Crippen LogP contribution < -0.4 is 11.1 Å². The van der Waals surface area contributed by atoms with Gasteiger partial charge in [-0.3, -0.25) is 4.79 Å². The number of primary amides is 1. The predicted octanol–water partition coefficient (Wildman–Crippen LogP) is 3.91. The van der Waals surface area contributed by atoms with Gasteiger partial charge in [0, 0.05) is 10.2 Å². The minimum absolute atomic E-state index is 0.256. The summed E-state index contributed by atoms with van der Waals surface area (Å²) in [5.74, 6) is -0.0765. The zero-order chi connectivity index (χ0) is 15.2. The summed E-state index contributed by atoms with van der Waals surface area (Å²) in [6, 6.07) is 17.5. The molecule has 2 aromatic carbocycles. The molecule has 0 heterocycles. The minimum Gasteiger partial charge on any atom is -0.374 e. The van der Waals surface area contributed by atoms with Gasteiger partial charge in [0.25, 0.3) is 0 Å². The van der Waals surface area contributed by atoms with Gasteiger partial charge in [-0.15, -0.1) is 0 Å². The quantitative estimate of drug-likeness (QED) is 0.832. The molecule has 1 amide bonds. The van der Waals surface area contributed by atoms with Gasteiger partial charge >= 0.3 is 0 Å². The number of anilines is 1. The van der Waals surface area contributed by atoms with Crippen LogP contribution in [0.15, 0.2) is 59.1 Å². The molecule has 0 aliphatic carbocycles. The first kappa shape index (κ1) is 15.6. The monoisotopic (exact) mass is 346 g/mol. The van der Waals surface area contributed by atoms with Gasteiger partial charge in [-0.05, 0) is 42.2 Å². The van der Waals surface area contributed by atoms with Crippen molar-refractivity contribution in [3.63, 3.8) is 0 Å². The number of carbonyl (C=O) groups excluding carboxylic acids is 1. The van der Waals surface area contributed by atoms with Crippen LogP contribution in [0.2, 0.25) is 0 Å². The van der Waals surface area contributed by atoms with Gasteiger partial charge in [-0.1, -0.05) is 53.2 Å². The van der Waals surface area contributed by atoms with Crippen LogP contribution >= 0.6 is 15.9 Å². The Hall–Kier alpha value is -1.81. The second kappa shape index (κ2) is 7.27. The van der Waals surface area contributed by atoms with Crippen molar-refractivity contribution in [2.75, 3.05) is 5.32 Å². The third-order valence-electron chi connectivity index (χ3n) is 3.49. The summed E-state index contributed by atoms with van der Waals surface area (Å²) < 4.78 is 1.00. The zero-order valence-electron chi connectivity index (χ0n) is 11.9. The van der Waals surface area contributed by atoms with E-state index in [4.69, 9.17) is 5.73 Å². The highest BCUT2D eigenvalue weighted by atomic mass is 79.9. The van der Waals surface area contributed by atoms with Gasteiger partial charge in [0.15, 0.2) is 0 Å². The summed E-state index contributed by atoms with van der Waals surface area (Å²) >= 11 is 3.39. The lowest BCUT2D eigenvalue weighted by Crippen LogP contribution is -2.36. The van der Waals surface area contributed by atoms with Crippen molar-refractivity contribution >= 4 is 27.5 Å². The highest BCUT2D eigenvalue weighted by molar-refractivity contribution is 9.10. The summed E-state index contributed by atoms with van der Waals surface area (Å²) in [7, 11) is 0. The standard InChI is InChI=1S/C17H19BrN2O/c1-12(13-5-3-2-4-6-13)11-16(17(19)21)20-15-9-7-14(18)8-10-15/h2-10,12,16,20H,11H2,1H3,(H2,19,21). The fourth-order valence-corrected chi connectivity index (χ4v) is 2.53. The van der Waals surface area contributed by atoms with Crippen LogP contribution in [0.4, 0.5) is 5.69 Å². The molecule has 3 N–H and O–H groups in total. The zero-order valence-corrected chi connectivity index (χ0v) is 13.5. The van der Waals surface area contributed by atoms with E-state index in [-0.39, 0.29) is 17.9 Å². The molecule has 21 heavy (non-hydrogen) atoms. The number of nitrogens with one attached hydrogen (secondary N) is 1. The number of halogens is 1. The van der Waals surface area contributed by atoms with E-state index in [1.165, 1.54) is 5.56 Å². The van der Waals surface area contributed by atoms with Crippen molar-refractivity contribution in [1.82, 2.24) is 0 Å². The normalized spacial score (nSPS) is 13.4. The predicted molar refractivity (Wildman–Crippen MR) is 90.2 cm³/mol. The fraction of sp³-hybridized carbons (Fsp3) is 0.235. The molecule has 2 unspecified atom stereocenters. The maximum absolute atomic E-state index is 11.7. The van der Waals surface area contributed by atoms with Gasteiger partial charge in [-0.25, -0.2) is 0 Å². The van der Waals surface area contributed by atoms with E-state index >= 15 is 0 Å². The number of amides is 1. The summed E-state index contributed by atoms with van der Waals surface area (Å²) in [6.07, 6.45) is 0.662. The molecule has 0 aromatic heterocycles. The van der Waals surface area contributed by atoms with Crippen LogP contribution in [0.3, 0.4) is 0 Å². The van der Waals surface area contributed by atoms with Crippen LogP contribution in [-0.4, -0.2) is 11.9 Å². The first-order valence-electron chi connectivity index (χ1n) is 6.92. The van der Waals surface area contributed by atoms with Crippen LogP contribution in [0.25, 0.3) is 0 Å². The molecular weight excluding hydrogens is 328 g/mol. The van der Waals surface area contributed by atoms with Gasteiger partial charge in [0.2, 0.25) is 5.91 Å². The van der Waals surface area contributed by atoms with Gasteiger partial charge < -0.3 is 11.1 Å². The van der Waals surface area contributed by atoms with Crippen LogP contribution in [0, 0.1) is 0 Å². The Balaban J connectivity index is 2.05. The van der Waals surface area contributed by atoms with Crippen molar-refractivity contribution in [2.24, 2.45) is 5.73 Å². The molecule has 0 saturated heterocycles. The Labute approximate surface area is 133 Å². The van der Waals surface area contributed by atoms with Crippen LogP contribution in [0.5, 0.6) is 0 Å². The molecule has 0 aliphatic rings. The van der Waals surface area contributed by atoms with Gasteiger partial charge in [0.1, 0.15) is 6.04 Å². The highest BCUT2D eigenvalue weighted by Gasteiger charge is 2.19. The molecule has 3 nitrogen and oxygen atoms in total. The molecular formula is C17H19BrN2O. The summed E-state index contributed by atoms with van der Waals surface area (Å²) in [5, 5.41) is 3.21. The molecule has 4 heteroatoms. The molecule has 0 spiro atoms. The number of hydrogen-bond donors (Lipinski definition) is 2. The molecule has 2 rings (SSSR count). The third-order valence-corrected chi connectivity index (χ3v) is 4.02. The topological polar surface area (TPSA) is 55.1 Å². The SMILES string of the molecule is CC(CC(Nc1ccc(Br)cc1)C(N)=O)c1ccccc1. The van der Waals surface area contributed by atoms with E-state index in [0.717, 1.165) is 10.2 Å². The molecule has 0 radical (unpaired) electrons. The number of nitrogens with two attached hydrogens (primary N) is 1. The van der Waals surface area contributed by atoms with E-state index in [0.29, 0.717) is 6.42 Å². The highest BCUT2D eigenvalue weighted by Crippen LogP contribution is 2.22. The maximum atomic E-state index is 11.7. The van der Waals surface area contributed by atoms with E-state index in [1.807, 2.05) is 42.5 Å². The summed E-state index contributed by atoms with van der Waals surface area (Å²) in [4.78, 5) is 11.7.